The Morgan fingerprint density at radius 2 is 1.27 bits per heavy atom. The molecule has 0 saturated heterocycles. The number of nitrogens with one attached hydrogen (secondary N) is 2. The van der Waals surface area contributed by atoms with Gasteiger partial charge in [-0.25, -0.2) is 0 Å². The summed E-state index contributed by atoms with van der Waals surface area (Å²) >= 11 is 0. The third kappa shape index (κ3) is 24.5. The van der Waals surface area contributed by atoms with E-state index in [9.17, 15) is 24.0 Å². The molecular weight excluding hydrogens is 564 g/mol. The Balaban J connectivity index is 3.84. The van der Waals surface area contributed by atoms with E-state index in [-0.39, 0.29) is 32.1 Å². The first-order chi connectivity index (χ1) is 21.0. The lowest BCUT2D eigenvalue weighted by Gasteiger charge is -2.31. The number of hydrogen-bond acceptors (Lipinski definition) is 8. The van der Waals surface area contributed by atoms with Crippen LogP contribution in [0.25, 0.3) is 0 Å². The van der Waals surface area contributed by atoms with E-state index in [1.165, 1.54) is 71.6 Å². The molecule has 2 amide bonds. The second-order valence-corrected chi connectivity index (χ2v) is 12.1. The minimum atomic E-state index is -1.20. The van der Waals surface area contributed by atoms with E-state index in [0.29, 0.717) is 19.4 Å². The van der Waals surface area contributed by atoms with Crippen LogP contribution in [-0.4, -0.2) is 62.1 Å². The molecule has 0 bridgehead atoms. The molecule has 1 unspecified atom stereocenters. The fourth-order valence-corrected chi connectivity index (χ4v) is 4.48. The van der Waals surface area contributed by atoms with Gasteiger partial charge in [0, 0.05) is 38.8 Å². The lowest BCUT2D eigenvalue weighted by atomic mass is 9.86. The number of esters is 3. The highest BCUT2D eigenvalue weighted by Gasteiger charge is 2.39. The first-order valence-electron chi connectivity index (χ1n) is 16.6. The van der Waals surface area contributed by atoms with Gasteiger partial charge < -0.3 is 24.8 Å². The van der Waals surface area contributed by atoms with Crippen LogP contribution in [0.5, 0.6) is 0 Å². The Bertz CT molecular complexity index is 856. The summed E-state index contributed by atoms with van der Waals surface area (Å²) in [5.74, 6) is -2.25. The van der Waals surface area contributed by atoms with Crippen molar-refractivity contribution >= 4 is 29.7 Å². The minimum Gasteiger partial charge on any atom is -0.466 e. The van der Waals surface area contributed by atoms with Crippen molar-refractivity contribution in [3.8, 4) is 0 Å². The van der Waals surface area contributed by atoms with Crippen LogP contribution in [0, 0.1) is 5.41 Å². The maximum atomic E-state index is 12.6. The van der Waals surface area contributed by atoms with Gasteiger partial charge in [-0.15, -0.1) is 0 Å². The average molecular weight is 625 g/mol. The zero-order chi connectivity index (χ0) is 33.1. The summed E-state index contributed by atoms with van der Waals surface area (Å²) in [5.41, 5.74) is -0.976. The van der Waals surface area contributed by atoms with Crippen LogP contribution < -0.4 is 10.6 Å². The molecule has 0 spiro atoms. The zero-order valence-corrected chi connectivity index (χ0v) is 28.1. The topological polar surface area (TPSA) is 137 Å². The minimum absolute atomic E-state index is 0.00817. The fourth-order valence-electron chi connectivity index (χ4n) is 4.48. The van der Waals surface area contributed by atoms with Crippen LogP contribution >= 0.6 is 0 Å². The van der Waals surface area contributed by atoms with Gasteiger partial charge in [0.1, 0.15) is 6.61 Å². The molecule has 0 saturated carbocycles. The van der Waals surface area contributed by atoms with Gasteiger partial charge in [-0.1, -0.05) is 84.3 Å². The Kier molecular flexibility index (Phi) is 24.7. The quantitative estimate of drug-likeness (QED) is 0.0484. The second kappa shape index (κ2) is 26.5. The number of hydrogen-bond donors (Lipinski definition) is 2. The Morgan fingerprint density at radius 1 is 0.682 bits per heavy atom. The first kappa shape index (κ1) is 41.1. The molecule has 0 radical (unpaired) electrons. The average Bonchev–Trinajstić information content (AvgIpc) is 2.96. The molecule has 10 nitrogen and oxygen atoms in total. The number of ether oxygens (including phenoxy) is 3. The van der Waals surface area contributed by atoms with Crippen LogP contribution in [-0.2, 0) is 38.2 Å². The van der Waals surface area contributed by atoms with Gasteiger partial charge in [-0.3, -0.25) is 24.0 Å². The van der Waals surface area contributed by atoms with E-state index < -0.39 is 35.3 Å². The lowest BCUT2D eigenvalue weighted by molar-refractivity contribution is -0.166. The van der Waals surface area contributed by atoms with Gasteiger partial charge in [0.2, 0.25) is 5.91 Å². The number of allylic oxidation sites excluding steroid dienone is 2. The van der Waals surface area contributed by atoms with E-state index in [1.807, 2.05) is 0 Å². The van der Waals surface area contributed by atoms with Crippen LogP contribution in [0.3, 0.4) is 0 Å². The normalized spacial score (nSPS) is 12.0. The SMILES string of the molecule is CCCCCCCC/C=C\CCCCCCCC(=O)NCCCOC(=O)CCNC(=O)C(OC(C)=O)C(C)(C)COC(C)=O. The Labute approximate surface area is 265 Å². The van der Waals surface area contributed by atoms with Gasteiger partial charge in [-0.05, 0) is 38.5 Å². The van der Waals surface area contributed by atoms with Crippen molar-refractivity contribution in [1.29, 1.82) is 0 Å². The van der Waals surface area contributed by atoms with Gasteiger partial charge in [0.05, 0.1) is 13.0 Å². The maximum absolute atomic E-state index is 12.6. The molecule has 0 aliphatic rings. The molecule has 0 aromatic carbocycles. The summed E-state index contributed by atoms with van der Waals surface area (Å²) in [7, 11) is 0. The molecule has 1 atom stereocenters. The van der Waals surface area contributed by atoms with Gasteiger partial charge >= 0.3 is 17.9 Å². The second-order valence-electron chi connectivity index (χ2n) is 12.1. The third-order valence-electron chi connectivity index (χ3n) is 7.08. The van der Waals surface area contributed by atoms with Crippen LogP contribution in [0.2, 0.25) is 0 Å². The molecule has 0 aromatic heterocycles. The molecule has 0 fully saturated rings. The molecule has 10 heteroatoms. The lowest BCUT2D eigenvalue weighted by Crippen LogP contribution is -2.49. The van der Waals surface area contributed by atoms with E-state index >= 15 is 0 Å². The summed E-state index contributed by atoms with van der Waals surface area (Å²) in [5, 5.41) is 5.42. The highest BCUT2D eigenvalue weighted by atomic mass is 16.6. The van der Waals surface area contributed by atoms with Crippen molar-refractivity contribution in [2.24, 2.45) is 5.41 Å². The van der Waals surface area contributed by atoms with Gasteiger partial charge in [0.25, 0.3) is 5.91 Å². The standard InChI is InChI=1S/C34H60N2O8/c1-6-7-8-9-10-11-12-13-14-15-16-17-18-19-20-22-30(39)35-24-21-26-42-31(40)23-25-36-33(41)32(44-29(3)38)34(4,5)27-43-28(2)37/h13-14,32H,6-12,15-27H2,1-5H3,(H,35,39)(H,36,41)/b14-13-. The Morgan fingerprint density at radius 3 is 1.86 bits per heavy atom. The van der Waals surface area contributed by atoms with E-state index in [0.717, 1.165) is 25.7 Å². The highest BCUT2D eigenvalue weighted by Crippen LogP contribution is 2.25. The van der Waals surface area contributed by atoms with Crippen molar-refractivity contribution in [1.82, 2.24) is 10.6 Å². The van der Waals surface area contributed by atoms with Crippen molar-refractivity contribution < 1.29 is 38.2 Å². The molecule has 0 aliphatic heterocycles. The van der Waals surface area contributed by atoms with Crippen molar-refractivity contribution in [3.05, 3.63) is 12.2 Å². The van der Waals surface area contributed by atoms with E-state index in [1.54, 1.807) is 13.8 Å². The molecule has 0 aliphatic carbocycles. The highest BCUT2D eigenvalue weighted by molar-refractivity contribution is 5.84. The molecule has 44 heavy (non-hydrogen) atoms. The van der Waals surface area contributed by atoms with E-state index in [4.69, 9.17) is 14.2 Å². The van der Waals surface area contributed by atoms with Crippen LogP contribution in [0.1, 0.15) is 137 Å². The summed E-state index contributed by atoms with van der Waals surface area (Å²) in [6.07, 6.45) is 20.2. The van der Waals surface area contributed by atoms with Crippen molar-refractivity contribution in [3.63, 3.8) is 0 Å². The summed E-state index contributed by atoms with van der Waals surface area (Å²) < 4.78 is 15.3. The predicted octanol–water partition coefficient (Wildman–Crippen LogP) is 6.10. The largest absolute Gasteiger partial charge is 0.466 e. The summed E-state index contributed by atoms with van der Waals surface area (Å²) in [6, 6.07) is 0. The number of rotatable bonds is 27. The summed E-state index contributed by atoms with van der Waals surface area (Å²) in [6.45, 7) is 8.40. The number of carbonyl (C=O) groups is 5. The monoisotopic (exact) mass is 624 g/mol. The number of carbonyl (C=O) groups excluding carboxylic acids is 5. The number of amides is 2. The molecular formula is C34H60N2O8. The zero-order valence-electron chi connectivity index (χ0n) is 28.1. The predicted molar refractivity (Wildman–Crippen MR) is 172 cm³/mol. The van der Waals surface area contributed by atoms with Crippen molar-refractivity contribution in [2.45, 2.75) is 143 Å². The molecule has 0 heterocycles. The van der Waals surface area contributed by atoms with Crippen molar-refractivity contribution in [2.75, 3.05) is 26.3 Å². The van der Waals surface area contributed by atoms with Crippen LogP contribution in [0.15, 0.2) is 12.2 Å². The molecule has 0 aromatic rings. The molecule has 0 rings (SSSR count). The molecule has 2 N–H and O–H groups in total. The Hall–Kier alpha value is -2.91. The number of unbranched alkanes of at least 4 members (excludes halogenated alkanes) is 11. The van der Waals surface area contributed by atoms with E-state index in [2.05, 4.69) is 29.7 Å². The smallest absolute Gasteiger partial charge is 0.307 e. The summed E-state index contributed by atoms with van der Waals surface area (Å²) in [4.78, 5) is 59.3. The van der Waals surface area contributed by atoms with Crippen LogP contribution in [0.4, 0.5) is 0 Å². The fraction of sp³-hybridized carbons (Fsp3) is 0.794. The maximum Gasteiger partial charge on any atom is 0.307 e. The first-order valence-corrected chi connectivity index (χ1v) is 16.6. The van der Waals surface area contributed by atoms with Gasteiger partial charge in [0.15, 0.2) is 6.10 Å². The third-order valence-corrected chi connectivity index (χ3v) is 7.08. The molecule has 254 valence electrons. The van der Waals surface area contributed by atoms with Gasteiger partial charge in [-0.2, -0.15) is 0 Å².